The summed E-state index contributed by atoms with van der Waals surface area (Å²) in [5, 5.41) is 5.93. The Kier molecular flexibility index (Phi) is 4.27. The number of carbonyl (C=O) groups is 1. The lowest BCUT2D eigenvalue weighted by Crippen LogP contribution is -2.23. The van der Waals surface area contributed by atoms with E-state index in [1.807, 2.05) is 0 Å². The molecular formula is C13H14N2O5S. The number of amides is 1. The number of anilines is 1. The van der Waals surface area contributed by atoms with Gasteiger partial charge in [0.15, 0.2) is 15.7 Å². The number of hydrogen-bond acceptors (Lipinski definition) is 6. The molecule has 2 aromatic rings. The van der Waals surface area contributed by atoms with Gasteiger partial charge in [-0.3, -0.25) is 4.79 Å². The first kappa shape index (κ1) is 15.0. The number of benzene rings is 1. The van der Waals surface area contributed by atoms with Gasteiger partial charge in [-0.05, 0) is 31.2 Å². The highest BCUT2D eigenvalue weighted by Crippen LogP contribution is 2.17. The molecule has 8 heteroatoms. The highest BCUT2D eigenvalue weighted by atomic mass is 32.2. The minimum absolute atomic E-state index is 0.0507. The van der Waals surface area contributed by atoms with Gasteiger partial charge >= 0.3 is 0 Å². The molecule has 1 amide bonds. The number of carbonyl (C=O) groups excluding carboxylic acids is 1. The fourth-order valence-electron chi connectivity index (χ4n) is 1.64. The average Bonchev–Trinajstić information content (AvgIpc) is 2.83. The van der Waals surface area contributed by atoms with Crippen molar-refractivity contribution < 1.29 is 22.5 Å². The Morgan fingerprint density at radius 2 is 2.00 bits per heavy atom. The summed E-state index contributed by atoms with van der Waals surface area (Å²) >= 11 is 0. The number of methoxy groups -OCH3 is 1. The normalized spacial score (nSPS) is 11.1. The Morgan fingerprint density at radius 3 is 2.52 bits per heavy atom. The number of nitrogens with zero attached hydrogens (tertiary/aromatic N) is 1. The molecule has 0 aliphatic heterocycles. The smallest absolute Gasteiger partial charge is 0.241 e. The second kappa shape index (κ2) is 5.96. The Balaban J connectivity index is 2.07. The van der Waals surface area contributed by atoms with Crippen LogP contribution in [-0.4, -0.2) is 32.3 Å². The zero-order chi connectivity index (χ0) is 15.5. The second-order valence-electron chi connectivity index (χ2n) is 4.31. The van der Waals surface area contributed by atoms with Crippen LogP contribution in [0.1, 0.15) is 5.76 Å². The van der Waals surface area contributed by atoms with Crippen LogP contribution < -0.4 is 10.1 Å². The van der Waals surface area contributed by atoms with Crippen molar-refractivity contribution in [2.24, 2.45) is 0 Å². The molecule has 7 nitrogen and oxygen atoms in total. The van der Waals surface area contributed by atoms with E-state index in [1.54, 1.807) is 6.92 Å². The highest BCUT2D eigenvalue weighted by molar-refractivity contribution is 7.92. The van der Waals surface area contributed by atoms with Crippen molar-refractivity contribution in [3.63, 3.8) is 0 Å². The van der Waals surface area contributed by atoms with Gasteiger partial charge in [-0.1, -0.05) is 5.16 Å². The van der Waals surface area contributed by atoms with E-state index in [0.29, 0.717) is 11.5 Å². The van der Waals surface area contributed by atoms with Crippen LogP contribution in [-0.2, 0) is 14.6 Å². The Bertz CT molecular complexity index is 734. The van der Waals surface area contributed by atoms with Crippen molar-refractivity contribution in [2.75, 3.05) is 18.2 Å². The van der Waals surface area contributed by atoms with E-state index >= 15 is 0 Å². The predicted octanol–water partition coefficient (Wildman–Crippen LogP) is 1.40. The number of aromatic nitrogens is 1. The molecule has 1 aromatic carbocycles. The topological polar surface area (TPSA) is 98.5 Å². The molecule has 0 saturated heterocycles. The van der Waals surface area contributed by atoms with Crippen molar-refractivity contribution >= 4 is 21.6 Å². The summed E-state index contributed by atoms with van der Waals surface area (Å²) in [5.74, 6) is -0.119. The van der Waals surface area contributed by atoms with Crippen molar-refractivity contribution in [3.8, 4) is 5.75 Å². The van der Waals surface area contributed by atoms with E-state index in [0.717, 1.165) is 0 Å². The van der Waals surface area contributed by atoms with Gasteiger partial charge < -0.3 is 14.6 Å². The quantitative estimate of drug-likeness (QED) is 0.896. The molecule has 0 saturated carbocycles. The molecule has 0 spiro atoms. The minimum atomic E-state index is -3.72. The van der Waals surface area contributed by atoms with Crippen LogP contribution >= 0.6 is 0 Å². The number of aryl methyl sites for hydroxylation is 1. The van der Waals surface area contributed by atoms with Crippen LogP contribution in [0, 0.1) is 6.92 Å². The third-order valence-electron chi connectivity index (χ3n) is 2.64. The Hall–Kier alpha value is -2.35. The molecule has 1 N–H and O–H groups in total. The van der Waals surface area contributed by atoms with E-state index < -0.39 is 21.5 Å². The van der Waals surface area contributed by atoms with Crippen molar-refractivity contribution in [2.45, 2.75) is 11.8 Å². The summed E-state index contributed by atoms with van der Waals surface area (Å²) in [5.41, 5.74) is 0. The van der Waals surface area contributed by atoms with E-state index in [2.05, 4.69) is 10.5 Å². The Morgan fingerprint density at radius 1 is 1.33 bits per heavy atom. The number of ether oxygens (including phenoxy) is 1. The number of nitrogens with one attached hydrogen (secondary N) is 1. The van der Waals surface area contributed by atoms with Gasteiger partial charge in [0.1, 0.15) is 17.3 Å². The molecule has 1 heterocycles. The molecular weight excluding hydrogens is 296 g/mol. The number of hydrogen-bond donors (Lipinski definition) is 1. The SMILES string of the molecule is COc1ccc(S(=O)(=O)CC(=O)Nc2cc(C)on2)cc1. The zero-order valence-corrected chi connectivity index (χ0v) is 12.3. The third kappa shape index (κ3) is 3.82. The van der Waals surface area contributed by atoms with E-state index in [1.165, 1.54) is 37.4 Å². The maximum atomic E-state index is 12.1. The van der Waals surface area contributed by atoms with Crippen LogP contribution in [0.25, 0.3) is 0 Å². The molecule has 0 atom stereocenters. The van der Waals surface area contributed by atoms with Gasteiger partial charge in [0.2, 0.25) is 5.91 Å². The molecule has 112 valence electrons. The fourth-order valence-corrected chi connectivity index (χ4v) is 2.78. The van der Waals surface area contributed by atoms with Gasteiger partial charge in [0, 0.05) is 6.07 Å². The summed E-state index contributed by atoms with van der Waals surface area (Å²) in [6, 6.07) is 7.32. The van der Waals surface area contributed by atoms with Crippen LogP contribution in [0.4, 0.5) is 5.82 Å². The first-order chi connectivity index (χ1) is 9.90. The molecule has 21 heavy (non-hydrogen) atoms. The highest BCUT2D eigenvalue weighted by Gasteiger charge is 2.20. The zero-order valence-electron chi connectivity index (χ0n) is 11.5. The minimum Gasteiger partial charge on any atom is -0.497 e. The Labute approximate surface area is 121 Å². The molecule has 0 fully saturated rings. The largest absolute Gasteiger partial charge is 0.497 e. The van der Waals surface area contributed by atoms with E-state index in [-0.39, 0.29) is 10.7 Å². The number of rotatable bonds is 5. The molecule has 0 unspecified atom stereocenters. The van der Waals surface area contributed by atoms with Gasteiger partial charge in [-0.15, -0.1) is 0 Å². The molecule has 2 rings (SSSR count). The van der Waals surface area contributed by atoms with Crippen molar-refractivity contribution in [1.82, 2.24) is 5.16 Å². The maximum absolute atomic E-state index is 12.1. The summed E-state index contributed by atoms with van der Waals surface area (Å²) in [6.07, 6.45) is 0. The van der Waals surface area contributed by atoms with Gasteiger partial charge in [0.05, 0.1) is 12.0 Å². The van der Waals surface area contributed by atoms with Gasteiger partial charge in [0.25, 0.3) is 0 Å². The fraction of sp³-hybridized carbons (Fsp3) is 0.231. The average molecular weight is 310 g/mol. The summed E-state index contributed by atoms with van der Waals surface area (Å²) < 4.78 is 33.9. The van der Waals surface area contributed by atoms with Crippen molar-refractivity contribution in [3.05, 3.63) is 36.1 Å². The molecule has 1 aromatic heterocycles. The summed E-state index contributed by atoms with van der Waals surface area (Å²) in [6.45, 7) is 1.66. The standard InChI is InChI=1S/C13H14N2O5S/c1-9-7-12(15-20-9)14-13(16)8-21(17,18)11-5-3-10(19-2)4-6-11/h3-7H,8H2,1-2H3,(H,14,15,16). The lowest BCUT2D eigenvalue weighted by molar-refractivity contribution is -0.113. The maximum Gasteiger partial charge on any atom is 0.241 e. The lowest BCUT2D eigenvalue weighted by atomic mass is 10.3. The van der Waals surface area contributed by atoms with E-state index in [9.17, 15) is 13.2 Å². The van der Waals surface area contributed by atoms with Crippen LogP contribution in [0.15, 0.2) is 39.8 Å². The number of sulfone groups is 1. The lowest BCUT2D eigenvalue weighted by Gasteiger charge is -2.05. The van der Waals surface area contributed by atoms with Crippen LogP contribution in [0.3, 0.4) is 0 Å². The van der Waals surface area contributed by atoms with Crippen molar-refractivity contribution in [1.29, 1.82) is 0 Å². The second-order valence-corrected chi connectivity index (χ2v) is 6.30. The van der Waals surface area contributed by atoms with E-state index in [4.69, 9.17) is 9.26 Å². The van der Waals surface area contributed by atoms with Gasteiger partial charge in [-0.25, -0.2) is 8.42 Å². The summed E-state index contributed by atoms with van der Waals surface area (Å²) in [7, 11) is -2.24. The molecule has 0 aliphatic carbocycles. The molecule has 0 radical (unpaired) electrons. The summed E-state index contributed by atoms with van der Waals surface area (Å²) in [4.78, 5) is 11.8. The first-order valence-electron chi connectivity index (χ1n) is 6.01. The van der Waals surface area contributed by atoms with Crippen LogP contribution in [0.2, 0.25) is 0 Å². The molecule has 0 aliphatic rings. The third-order valence-corrected chi connectivity index (χ3v) is 4.27. The van der Waals surface area contributed by atoms with Crippen LogP contribution in [0.5, 0.6) is 5.75 Å². The molecule has 0 bridgehead atoms. The van der Waals surface area contributed by atoms with Gasteiger partial charge in [-0.2, -0.15) is 0 Å². The monoisotopic (exact) mass is 310 g/mol. The first-order valence-corrected chi connectivity index (χ1v) is 7.66. The predicted molar refractivity (Wildman–Crippen MR) is 74.9 cm³/mol.